The normalized spacial score (nSPS) is 14.0. The highest BCUT2D eigenvalue weighted by atomic mass is 16.5. The summed E-state index contributed by atoms with van der Waals surface area (Å²) in [5, 5.41) is 15.9. The van der Waals surface area contributed by atoms with Gasteiger partial charge in [-0.25, -0.2) is 4.79 Å². The van der Waals surface area contributed by atoms with Crippen LogP contribution < -0.4 is 15.4 Å². The van der Waals surface area contributed by atoms with Crippen LogP contribution >= 0.6 is 0 Å². The maximum absolute atomic E-state index is 11.9. The number of hydrogen-bond donors (Lipinski definition) is 3. The van der Waals surface area contributed by atoms with E-state index in [1.54, 1.807) is 30.3 Å². The Labute approximate surface area is 241 Å². The van der Waals surface area contributed by atoms with Crippen molar-refractivity contribution in [1.82, 2.24) is 10.6 Å². The molecule has 0 aromatic heterocycles. The fourth-order valence-corrected chi connectivity index (χ4v) is 4.69. The number of amides is 1. The lowest BCUT2D eigenvalue weighted by Crippen LogP contribution is -2.37. The van der Waals surface area contributed by atoms with Crippen LogP contribution in [-0.2, 0) is 16.1 Å². The van der Waals surface area contributed by atoms with Crippen LogP contribution in [0.4, 0.5) is 0 Å². The van der Waals surface area contributed by atoms with Crippen molar-refractivity contribution in [2.45, 2.75) is 110 Å². The highest BCUT2D eigenvalue weighted by Gasteiger charge is 2.16. The molecule has 7 nitrogen and oxygen atoms in total. The first kappa shape index (κ1) is 33.1. The molecule has 1 fully saturated rings. The first-order chi connectivity index (χ1) is 19.4. The standard InChI is InChI=1S/C17H27NO3.C16H23NO2/c1-3-4-5-6-7-8-9-17(20)18-13-14-10-11-15(19)16(12-14)21-2;1-13(12-17-15-10-6-3-7-11-15)19-16(18)14-8-4-2-5-9-14/h10-12,19H,3-9,13H2,1-2H3,(H,18,20);2,4-5,8-9,13,15,17H,3,6-7,10-12H2,1H3. The second kappa shape index (κ2) is 19.9. The van der Waals surface area contributed by atoms with Gasteiger partial charge in [-0.05, 0) is 56.0 Å². The Morgan fingerprint density at radius 2 is 1.68 bits per heavy atom. The van der Waals surface area contributed by atoms with Gasteiger partial charge in [0, 0.05) is 25.6 Å². The predicted octanol–water partition coefficient (Wildman–Crippen LogP) is 6.92. The van der Waals surface area contributed by atoms with Crippen molar-refractivity contribution >= 4 is 11.9 Å². The van der Waals surface area contributed by atoms with Gasteiger partial charge in [0.15, 0.2) is 11.5 Å². The molecule has 1 amide bonds. The number of methoxy groups -OCH3 is 1. The topological polar surface area (TPSA) is 96.9 Å². The summed E-state index contributed by atoms with van der Waals surface area (Å²) in [4.78, 5) is 23.6. The van der Waals surface area contributed by atoms with E-state index < -0.39 is 0 Å². The maximum Gasteiger partial charge on any atom is 0.338 e. The van der Waals surface area contributed by atoms with E-state index in [-0.39, 0.29) is 23.7 Å². The zero-order chi connectivity index (χ0) is 29.0. The summed E-state index contributed by atoms with van der Waals surface area (Å²) < 4.78 is 10.5. The van der Waals surface area contributed by atoms with Crippen molar-refractivity contribution in [1.29, 1.82) is 0 Å². The molecule has 0 spiro atoms. The van der Waals surface area contributed by atoms with Gasteiger partial charge >= 0.3 is 5.97 Å². The van der Waals surface area contributed by atoms with Gasteiger partial charge in [-0.15, -0.1) is 0 Å². The van der Waals surface area contributed by atoms with Gasteiger partial charge in [0.2, 0.25) is 5.91 Å². The molecule has 0 bridgehead atoms. The summed E-state index contributed by atoms with van der Waals surface area (Å²) >= 11 is 0. The Hall–Kier alpha value is -3.06. The third kappa shape index (κ3) is 13.8. The number of phenolic OH excluding ortho intramolecular Hbond substituents is 1. The van der Waals surface area contributed by atoms with Crippen molar-refractivity contribution in [3.8, 4) is 11.5 Å². The third-order valence-electron chi connectivity index (χ3n) is 7.11. The van der Waals surface area contributed by atoms with Crippen LogP contribution in [0.3, 0.4) is 0 Å². The van der Waals surface area contributed by atoms with E-state index in [2.05, 4.69) is 17.6 Å². The molecule has 1 aliphatic rings. The summed E-state index contributed by atoms with van der Waals surface area (Å²) in [5.41, 5.74) is 1.54. The first-order valence-electron chi connectivity index (χ1n) is 15.0. The highest BCUT2D eigenvalue weighted by molar-refractivity contribution is 5.89. The fourth-order valence-electron chi connectivity index (χ4n) is 4.69. The van der Waals surface area contributed by atoms with Crippen LogP contribution in [0.15, 0.2) is 48.5 Å². The van der Waals surface area contributed by atoms with E-state index in [9.17, 15) is 14.7 Å². The summed E-state index contributed by atoms with van der Waals surface area (Å²) in [6.07, 6.45) is 14.1. The SMILES string of the molecule is CC(CNC1CCCCC1)OC(=O)c1ccccc1.CCCCCCCCC(=O)NCc1ccc(O)c(OC)c1. The van der Waals surface area contributed by atoms with Crippen molar-refractivity contribution in [2.24, 2.45) is 0 Å². The van der Waals surface area contributed by atoms with Gasteiger partial charge in [-0.2, -0.15) is 0 Å². The van der Waals surface area contributed by atoms with Gasteiger partial charge < -0.3 is 25.2 Å². The Balaban J connectivity index is 0.000000281. The number of carbonyl (C=O) groups is 2. The molecule has 2 aromatic rings. The fraction of sp³-hybridized carbons (Fsp3) is 0.576. The van der Waals surface area contributed by atoms with Crippen molar-refractivity contribution < 1.29 is 24.2 Å². The molecule has 40 heavy (non-hydrogen) atoms. The van der Waals surface area contributed by atoms with Gasteiger partial charge in [-0.3, -0.25) is 4.79 Å². The predicted molar refractivity (Wildman–Crippen MR) is 161 cm³/mol. The molecule has 0 saturated heterocycles. The average Bonchev–Trinajstić information content (AvgIpc) is 2.98. The number of carbonyl (C=O) groups excluding carboxylic acids is 2. The van der Waals surface area contributed by atoms with Crippen molar-refractivity contribution in [2.75, 3.05) is 13.7 Å². The van der Waals surface area contributed by atoms with Crippen LogP contribution in [-0.4, -0.2) is 42.8 Å². The molecule has 2 aromatic carbocycles. The molecular formula is C33H50N2O5. The molecular weight excluding hydrogens is 504 g/mol. The maximum atomic E-state index is 11.9. The molecule has 3 rings (SSSR count). The lowest BCUT2D eigenvalue weighted by molar-refractivity contribution is -0.121. The first-order valence-corrected chi connectivity index (χ1v) is 15.0. The minimum absolute atomic E-state index is 0.0810. The lowest BCUT2D eigenvalue weighted by atomic mass is 9.95. The zero-order valence-corrected chi connectivity index (χ0v) is 24.8. The lowest BCUT2D eigenvalue weighted by Gasteiger charge is -2.24. The molecule has 1 unspecified atom stereocenters. The van der Waals surface area contributed by atoms with Crippen molar-refractivity contribution in [3.05, 3.63) is 59.7 Å². The largest absolute Gasteiger partial charge is 0.504 e. The molecule has 7 heteroatoms. The summed E-state index contributed by atoms with van der Waals surface area (Å²) in [6, 6.07) is 14.9. The van der Waals surface area contributed by atoms with E-state index in [0.717, 1.165) is 24.9 Å². The van der Waals surface area contributed by atoms with Crippen LogP contribution in [0, 0.1) is 0 Å². The number of ether oxygens (including phenoxy) is 2. The molecule has 0 aliphatic heterocycles. The number of phenols is 1. The van der Waals surface area contributed by atoms with Gasteiger partial charge in [0.25, 0.3) is 0 Å². The average molecular weight is 555 g/mol. The Morgan fingerprint density at radius 1 is 0.975 bits per heavy atom. The number of esters is 1. The van der Waals surface area contributed by atoms with E-state index in [1.165, 1.54) is 64.9 Å². The van der Waals surface area contributed by atoms with Crippen LogP contribution in [0.1, 0.15) is 107 Å². The molecule has 3 N–H and O–H groups in total. The van der Waals surface area contributed by atoms with Crippen LogP contribution in [0.5, 0.6) is 11.5 Å². The Bertz CT molecular complexity index is 976. The smallest absolute Gasteiger partial charge is 0.338 e. The van der Waals surface area contributed by atoms with Crippen molar-refractivity contribution in [3.63, 3.8) is 0 Å². The number of nitrogens with one attached hydrogen (secondary N) is 2. The summed E-state index contributed by atoms with van der Waals surface area (Å²) in [6.45, 7) is 5.34. The minimum atomic E-state index is -0.237. The minimum Gasteiger partial charge on any atom is -0.504 e. The Kier molecular flexibility index (Phi) is 16.5. The number of unbranched alkanes of at least 4 members (excludes halogenated alkanes) is 5. The van der Waals surface area contributed by atoms with E-state index in [4.69, 9.17) is 9.47 Å². The van der Waals surface area contributed by atoms with Gasteiger partial charge in [0.1, 0.15) is 6.10 Å². The third-order valence-corrected chi connectivity index (χ3v) is 7.11. The van der Waals surface area contributed by atoms with Crippen LogP contribution in [0.25, 0.3) is 0 Å². The molecule has 0 radical (unpaired) electrons. The molecule has 1 aliphatic carbocycles. The summed E-state index contributed by atoms with van der Waals surface area (Å²) in [5.74, 6) is 0.383. The zero-order valence-electron chi connectivity index (χ0n) is 24.8. The van der Waals surface area contributed by atoms with E-state index in [0.29, 0.717) is 30.3 Å². The molecule has 1 atom stereocenters. The highest BCUT2D eigenvalue weighted by Crippen LogP contribution is 2.26. The van der Waals surface area contributed by atoms with Gasteiger partial charge in [0.05, 0.1) is 12.7 Å². The number of benzene rings is 2. The number of hydrogen-bond acceptors (Lipinski definition) is 6. The van der Waals surface area contributed by atoms with E-state index in [1.807, 2.05) is 25.1 Å². The van der Waals surface area contributed by atoms with Gasteiger partial charge in [-0.1, -0.05) is 82.6 Å². The molecule has 1 saturated carbocycles. The number of aromatic hydroxyl groups is 1. The summed E-state index contributed by atoms with van der Waals surface area (Å²) in [7, 11) is 1.51. The monoisotopic (exact) mass is 554 g/mol. The quantitative estimate of drug-likeness (QED) is 0.163. The molecule has 0 heterocycles. The second-order valence-electron chi connectivity index (χ2n) is 10.6. The Morgan fingerprint density at radius 3 is 2.38 bits per heavy atom. The molecule has 222 valence electrons. The second-order valence-corrected chi connectivity index (χ2v) is 10.6. The number of rotatable bonds is 15. The van der Waals surface area contributed by atoms with Crippen LogP contribution in [0.2, 0.25) is 0 Å². The van der Waals surface area contributed by atoms with E-state index >= 15 is 0 Å².